The summed E-state index contributed by atoms with van der Waals surface area (Å²) in [6, 6.07) is 5.17. The maximum atomic E-state index is 10.4. The zero-order valence-electron chi connectivity index (χ0n) is 9.87. The fourth-order valence-electron chi connectivity index (χ4n) is 1.45. The molecule has 0 aromatic heterocycles. The van der Waals surface area contributed by atoms with E-state index in [0.717, 1.165) is 0 Å². The van der Waals surface area contributed by atoms with Crippen molar-refractivity contribution < 1.29 is 29.7 Å². The van der Waals surface area contributed by atoms with Crippen LogP contribution in [0.1, 0.15) is 23.2 Å². The molecule has 4 N–H and O–H groups in total. The third-order valence-electron chi connectivity index (χ3n) is 2.43. The molecule has 0 spiro atoms. The first-order valence-electron chi connectivity index (χ1n) is 5.45. The molecule has 0 radical (unpaired) electrons. The third kappa shape index (κ3) is 4.30. The Kier molecular flexibility index (Phi) is 4.87. The van der Waals surface area contributed by atoms with E-state index in [4.69, 9.17) is 15.3 Å². The van der Waals surface area contributed by atoms with Crippen molar-refractivity contribution in [2.45, 2.75) is 18.9 Å². The van der Waals surface area contributed by atoms with Crippen LogP contribution in [-0.4, -0.2) is 39.2 Å². The first-order valence-corrected chi connectivity index (χ1v) is 5.45. The number of aliphatic carboxylic acids is 1. The van der Waals surface area contributed by atoms with E-state index >= 15 is 0 Å². The fourth-order valence-corrected chi connectivity index (χ4v) is 1.45. The number of aromatic carboxylic acids is 1. The number of rotatable bonds is 2. The van der Waals surface area contributed by atoms with Gasteiger partial charge in [-0.3, -0.25) is 4.79 Å². The van der Waals surface area contributed by atoms with Gasteiger partial charge >= 0.3 is 11.9 Å². The molecule has 19 heavy (non-hydrogen) atoms. The number of carbonyl (C=O) groups is 3. The van der Waals surface area contributed by atoms with Crippen LogP contribution >= 0.6 is 0 Å². The number of phenols is 1. The Bertz CT molecular complexity index is 499. The maximum Gasteiger partial charge on any atom is 0.339 e. The molecule has 0 unspecified atom stereocenters. The van der Waals surface area contributed by atoms with Crippen LogP contribution in [0.5, 0.6) is 5.75 Å². The number of carboxylic acids is 2. The number of carbonyl (C=O) groups excluding carboxylic acids is 1. The molecule has 1 aliphatic rings. The Morgan fingerprint density at radius 1 is 1.21 bits per heavy atom. The highest BCUT2D eigenvalue weighted by Crippen LogP contribution is 2.14. The topological polar surface area (TPSA) is 124 Å². The van der Waals surface area contributed by atoms with E-state index in [-0.39, 0.29) is 17.2 Å². The molecular formula is C12H13NO6. The van der Waals surface area contributed by atoms with E-state index in [1.165, 1.54) is 12.1 Å². The molecule has 1 heterocycles. The van der Waals surface area contributed by atoms with Gasteiger partial charge in [-0.25, -0.2) is 9.59 Å². The molecule has 1 fully saturated rings. The van der Waals surface area contributed by atoms with Crippen molar-refractivity contribution >= 4 is 17.8 Å². The number of amides is 1. The van der Waals surface area contributed by atoms with Gasteiger partial charge in [-0.2, -0.15) is 0 Å². The Morgan fingerprint density at radius 2 is 1.84 bits per heavy atom. The van der Waals surface area contributed by atoms with Crippen LogP contribution in [0.2, 0.25) is 0 Å². The number of carboxylic acid groups (broad SMARTS) is 2. The molecular weight excluding hydrogens is 254 g/mol. The summed E-state index contributed by atoms with van der Waals surface area (Å²) in [6.45, 7) is 0. The predicted octanol–water partition coefficient (Wildman–Crippen LogP) is 0.440. The summed E-state index contributed by atoms with van der Waals surface area (Å²) in [7, 11) is 0. The molecule has 1 saturated heterocycles. The van der Waals surface area contributed by atoms with Crippen molar-refractivity contribution in [3.63, 3.8) is 0 Å². The molecule has 1 aromatic carbocycles. The highest BCUT2D eigenvalue weighted by molar-refractivity contribution is 5.90. The van der Waals surface area contributed by atoms with Crippen molar-refractivity contribution in [2.24, 2.45) is 0 Å². The summed E-state index contributed by atoms with van der Waals surface area (Å²) < 4.78 is 0. The van der Waals surface area contributed by atoms with E-state index in [1.807, 2.05) is 0 Å². The number of benzene rings is 1. The Morgan fingerprint density at radius 3 is 2.16 bits per heavy atom. The molecule has 0 saturated carbocycles. The van der Waals surface area contributed by atoms with Crippen LogP contribution in [-0.2, 0) is 9.59 Å². The minimum Gasteiger partial charge on any atom is -0.507 e. The van der Waals surface area contributed by atoms with E-state index in [0.29, 0.717) is 12.8 Å². The van der Waals surface area contributed by atoms with Crippen molar-refractivity contribution in [2.75, 3.05) is 0 Å². The van der Waals surface area contributed by atoms with Gasteiger partial charge < -0.3 is 20.6 Å². The van der Waals surface area contributed by atoms with Gasteiger partial charge in [-0.05, 0) is 18.6 Å². The molecule has 0 bridgehead atoms. The van der Waals surface area contributed by atoms with Gasteiger partial charge in [-0.15, -0.1) is 0 Å². The summed E-state index contributed by atoms with van der Waals surface area (Å²) in [4.78, 5) is 30.8. The van der Waals surface area contributed by atoms with Gasteiger partial charge in [0.1, 0.15) is 17.4 Å². The molecule has 102 valence electrons. The van der Waals surface area contributed by atoms with E-state index < -0.39 is 18.0 Å². The van der Waals surface area contributed by atoms with Gasteiger partial charge in [0.2, 0.25) is 5.91 Å². The number of nitrogens with one attached hydrogen (secondary N) is 1. The van der Waals surface area contributed by atoms with E-state index in [2.05, 4.69) is 5.32 Å². The molecule has 0 aliphatic carbocycles. The molecule has 2 rings (SSSR count). The quantitative estimate of drug-likeness (QED) is 0.616. The maximum absolute atomic E-state index is 10.4. The van der Waals surface area contributed by atoms with Crippen molar-refractivity contribution in [1.82, 2.24) is 5.32 Å². The lowest BCUT2D eigenvalue weighted by molar-refractivity contribution is -0.140. The largest absolute Gasteiger partial charge is 0.507 e. The lowest BCUT2D eigenvalue weighted by atomic mass is 10.2. The van der Waals surface area contributed by atoms with Crippen LogP contribution in [0.4, 0.5) is 0 Å². The van der Waals surface area contributed by atoms with Crippen LogP contribution in [0.25, 0.3) is 0 Å². The molecule has 1 atom stereocenters. The monoisotopic (exact) mass is 267 g/mol. The van der Waals surface area contributed by atoms with Gasteiger partial charge in [-0.1, -0.05) is 12.1 Å². The van der Waals surface area contributed by atoms with Gasteiger partial charge in [0, 0.05) is 6.42 Å². The standard InChI is InChI=1S/C7H6O3.C5H7NO3/c8-6-4-2-1-3-5(6)7(9)10;7-4-2-1-3(6-4)5(8)9/h1-4,8H,(H,9,10);3H,1-2H2,(H,6,7)(H,8,9)/t;3-/m.0/s1. The average molecular weight is 267 g/mol. The summed E-state index contributed by atoms with van der Waals surface area (Å²) >= 11 is 0. The number of hydrogen-bond acceptors (Lipinski definition) is 4. The molecule has 1 amide bonds. The fraction of sp³-hybridized carbons (Fsp3) is 0.250. The zero-order chi connectivity index (χ0) is 14.4. The lowest BCUT2D eigenvalue weighted by Crippen LogP contribution is -2.32. The Hall–Kier alpha value is -2.57. The van der Waals surface area contributed by atoms with Crippen LogP contribution in [0, 0.1) is 0 Å². The molecule has 1 aromatic rings. The zero-order valence-corrected chi connectivity index (χ0v) is 9.87. The smallest absolute Gasteiger partial charge is 0.339 e. The SMILES string of the molecule is O=C(O)c1ccccc1O.O=C1CC[C@@H](C(=O)O)N1. The van der Waals surface area contributed by atoms with Gasteiger partial charge in [0.05, 0.1) is 0 Å². The molecule has 7 nitrogen and oxygen atoms in total. The summed E-state index contributed by atoms with van der Waals surface area (Å²) in [6.07, 6.45) is 0.769. The van der Waals surface area contributed by atoms with Crippen molar-refractivity contribution in [1.29, 1.82) is 0 Å². The summed E-state index contributed by atoms with van der Waals surface area (Å²) in [5.74, 6) is -2.42. The van der Waals surface area contributed by atoms with Crippen LogP contribution < -0.4 is 5.32 Å². The second kappa shape index (κ2) is 6.39. The van der Waals surface area contributed by atoms with Gasteiger partial charge in [0.15, 0.2) is 0 Å². The first kappa shape index (κ1) is 14.5. The summed E-state index contributed by atoms with van der Waals surface area (Å²) in [5, 5.41) is 27.9. The third-order valence-corrected chi connectivity index (χ3v) is 2.43. The number of para-hydroxylation sites is 1. The molecule has 7 heteroatoms. The second-order valence-electron chi connectivity index (χ2n) is 3.82. The normalized spacial score (nSPS) is 17.1. The van der Waals surface area contributed by atoms with Crippen molar-refractivity contribution in [3.8, 4) is 5.75 Å². The van der Waals surface area contributed by atoms with E-state index in [1.54, 1.807) is 12.1 Å². The van der Waals surface area contributed by atoms with Gasteiger partial charge in [0.25, 0.3) is 0 Å². The summed E-state index contributed by atoms with van der Waals surface area (Å²) in [5.41, 5.74) is -0.0671. The second-order valence-corrected chi connectivity index (χ2v) is 3.82. The first-order chi connectivity index (χ1) is 8.91. The Balaban J connectivity index is 0.000000191. The van der Waals surface area contributed by atoms with E-state index in [9.17, 15) is 14.4 Å². The number of aromatic hydroxyl groups is 1. The Labute approximate surface area is 108 Å². The lowest BCUT2D eigenvalue weighted by Gasteiger charge is -1.99. The highest BCUT2D eigenvalue weighted by Gasteiger charge is 2.26. The molecule has 1 aliphatic heterocycles. The van der Waals surface area contributed by atoms with Crippen LogP contribution in [0.3, 0.4) is 0 Å². The van der Waals surface area contributed by atoms with Crippen LogP contribution in [0.15, 0.2) is 24.3 Å². The highest BCUT2D eigenvalue weighted by atomic mass is 16.4. The predicted molar refractivity (Wildman–Crippen MR) is 63.9 cm³/mol. The minimum absolute atomic E-state index is 0.0671. The average Bonchev–Trinajstić information content (AvgIpc) is 2.77. The van der Waals surface area contributed by atoms with Crippen molar-refractivity contribution in [3.05, 3.63) is 29.8 Å². The number of hydrogen-bond donors (Lipinski definition) is 4. The minimum atomic E-state index is -1.11.